The van der Waals surface area contributed by atoms with Gasteiger partial charge in [-0.1, -0.05) is 31.2 Å². The molecule has 0 saturated heterocycles. The summed E-state index contributed by atoms with van der Waals surface area (Å²) in [5.41, 5.74) is 0.754. The second-order valence-corrected chi connectivity index (χ2v) is 6.20. The van der Waals surface area contributed by atoms with Gasteiger partial charge in [-0.15, -0.1) is 11.3 Å². The Kier molecular flexibility index (Phi) is 6.25. The molecule has 0 saturated carbocycles. The number of ether oxygens (including phenoxy) is 2. The van der Waals surface area contributed by atoms with E-state index in [-0.39, 0.29) is 18.1 Å². The number of hydrogen-bond acceptors (Lipinski definition) is 5. The maximum absolute atomic E-state index is 12.8. The number of aryl methyl sites for hydroxylation is 1. The minimum atomic E-state index is -4.54. The molecular weight excluding hydrogens is 371 g/mol. The van der Waals surface area contributed by atoms with Crippen LogP contribution in [0, 0.1) is 0 Å². The van der Waals surface area contributed by atoms with Gasteiger partial charge in [-0.05, 0) is 17.5 Å². The van der Waals surface area contributed by atoms with E-state index in [2.05, 4.69) is 4.98 Å². The van der Waals surface area contributed by atoms with Gasteiger partial charge < -0.3 is 14.6 Å². The van der Waals surface area contributed by atoms with E-state index in [1.165, 1.54) is 7.11 Å². The molecule has 1 heterocycles. The van der Waals surface area contributed by atoms with Crippen LogP contribution in [-0.4, -0.2) is 23.2 Å². The summed E-state index contributed by atoms with van der Waals surface area (Å²) >= 11 is 0.538. The number of thiazole rings is 1. The van der Waals surface area contributed by atoms with Gasteiger partial charge in [0.25, 0.3) is 0 Å². The van der Waals surface area contributed by atoms with Crippen LogP contribution in [0.5, 0.6) is 5.88 Å². The number of carbonyl (C=O) groups is 1. The Morgan fingerprint density at radius 1 is 1.35 bits per heavy atom. The largest absolute Gasteiger partial charge is 0.503 e. The first-order valence-electron chi connectivity index (χ1n) is 7.52. The molecule has 0 unspecified atom stereocenters. The average Bonchev–Trinajstić information content (AvgIpc) is 3.01. The van der Waals surface area contributed by atoms with Crippen molar-refractivity contribution in [2.75, 3.05) is 7.11 Å². The van der Waals surface area contributed by atoms with E-state index in [0.717, 1.165) is 6.26 Å². The van der Waals surface area contributed by atoms with Gasteiger partial charge in [-0.3, -0.25) is 0 Å². The fourth-order valence-electron chi connectivity index (χ4n) is 2.20. The number of alkyl halides is 3. The number of halogens is 3. The van der Waals surface area contributed by atoms with Gasteiger partial charge in [-0.2, -0.15) is 18.2 Å². The SMILES string of the molecule is CCc1sc(C(F)(F)F)nc1OCc1ccccc1/C(=C\OC)C(=O)O. The lowest BCUT2D eigenvalue weighted by atomic mass is 10.0. The van der Waals surface area contributed by atoms with Gasteiger partial charge >= 0.3 is 12.1 Å². The van der Waals surface area contributed by atoms with Crippen molar-refractivity contribution in [1.82, 2.24) is 4.98 Å². The maximum Gasteiger partial charge on any atom is 0.443 e. The normalized spacial score (nSPS) is 12.1. The fourth-order valence-corrected chi connectivity index (χ4v) is 3.01. The predicted molar refractivity (Wildman–Crippen MR) is 89.9 cm³/mol. The number of hydrogen-bond donors (Lipinski definition) is 1. The molecule has 1 aromatic heterocycles. The molecule has 140 valence electrons. The highest BCUT2D eigenvalue weighted by Gasteiger charge is 2.36. The van der Waals surface area contributed by atoms with Gasteiger partial charge in [0.05, 0.1) is 18.2 Å². The molecule has 0 fully saturated rings. The van der Waals surface area contributed by atoms with Gasteiger partial charge in [0.2, 0.25) is 10.9 Å². The zero-order valence-corrected chi connectivity index (χ0v) is 14.8. The molecule has 0 spiro atoms. The number of aliphatic carboxylic acids is 1. The topological polar surface area (TPSA) is 68.7 Å². The third-order valence-electron chi connectivity index (χ3n) is 3.36. The zero-order chi connectivity index (χ0) is 19.3. The third-order valence-corrected chi connectivity index (χ3v) is 4.59. The Hall–Kier alpha value is -2.55. The Labute approximate surface area is 151 Å². The summed E-state index contributed by atoms with van der Waals surface area (Å²) in [5, 5.41) is 8.35. The van der Waals surface area contributed by atoms with Crippen LogP contribution in [0.2, 0.25) is 0 Å². The number of rotatable bonds is 7. The highest BCUT2D eigenvalue weighted by Crippen LogP contribution is 2.37. The smallest absolute Gasteiger partial charge is 0.443 e. The Morgan fingerprint density at radius 2 is 2.04 bits per heavy atom. The summed E-state index contributed by atoms with van der Waals surface area (Å²) in [6.45, 7) is 1.58. The van der Waals surface area contributed by atoms with Gasteiger partial charge in [0.15, 0.2) is 0 Å². The Balaban J connectivity index is 2.30. The monoisotopic (exact) mass is 387 g/mol. The van der Waals surface area contributed by atoms with Gasteiger partial charge in [0, 0.05) is 0 Å². The van der Waals surface area contributed by atoms with Crippen LogP contribution >= 0.6 is 11.3 Å². The van der Waals surface area contributed by atoms with Crippen molar-refractivity contribution in [3.05, 3.63) is 51.5 Å². The van der Waals surface area contributed by atoms with Crippen molar-refractivity contribution >= 4 is 22.9 Å². The van der Waals surface area contributed by atoms with Crippen molar-refractivity contribution < 1.29 is 32.5 Å². The number of aromatic nitrogens is 1. The van der Waals surface area contributed by atoms with Crippen LogP contribution in [0.4, 0.5) is 13.2 Å². The first-order valence-corrected chi connectivity index (χ1v) is 8.33. The van der Waals surface area contributed by atoms with Gasteiger partial charge in [0.1, 0.15) is 12.2 Å². The number of nitrogens with zero attached hydrogens (tertiary/aromatic N) is 1. The third kappa shape index (κ3) is 4.54. The second-order valence-electron chi connectivity index (χ2n) is 5.12. The maximum atomic E-state index is 12.8. The molecule has 9 heteroatoms. The molecule has 5 nitrogen and oxygen atoms in total. The van der Waals surface area contributed by atoms with Crippen molar-refractivity contribution in [3.8, 4) is 5.88 Å². The summed E-state index contributed by atoms with van der Waals surface area (Å²) in [6, 6.07) is 6.52. The molecule has 0 radical (unpaired) electrons. The number of carboxylic acid groups (broad SMARTS) is 1. The van der Waals surface area contributed by atoms with Gasteiger partial charge in [-0.25, -0.2) is 4.79 Å². The van der Waals surface area contributed by atoms with Crippen molar-refractivity contribution in [2.45, 2.75) is 26.1 Å². The minimum Gasteiger partial charge on any atom is -0.503 e. The second kappa shape index (κ2) is 8.22. The van der Waals surface area contributed by atoms with Crippen LogP contribution in [-0.2, 0) is 28.7 Å². The molecule has 1 aromatic carbocycles. The van der Waals surface area contributed by atoms with E-state index >= 15 is 0 Å². The molecule has 2 rings (SSSR count). The first kappa shape index (κ1) is 19.8. The first-order chi connectivity index (χ1) is 12.3. The fraction of sp³-hybridized carbons (Fsp3) is 0.294. The predicted octanol–water partition coefficient (Wildman–Crippen LogP) is 4.38. The highest BCUT2D eigenvalue weighted by molar-refractivity contribution is 7.12. The van der Waals surface area contributed by atoms with Crippen molar-refractivity contribution in [2.24, 2.45) is 0 Å². The molecule has 26 heavy (non-hydrogen) atoms. The highest BCUT2D eigenvalue weighted by atomic mass is 32.1. The molecule has 1 N–H and O–H groups in total. The van der Waals surface area contributed by atoms with Crippen LogP contribution in [0.1, 0.15) is 27.9 Å². The van der Waals surface area contributed by atoms with Crippen LogP contribution < -0.4 is 4.74 Å². The summed E-state index contributed by atoms with van der Waals surface area (Å²) in [5.74, 6) is -1.28. The molecule has 0 aliphatic carbocycles. The lowest BCUT2D eigenvalue weighted by Gasteiger charge is -2.11. The Bertz CT molecular complexity index is 815. The molecule has 0 aliphatic heterocycles. The Morgan fingerprint density at radius 3 is 2.62 bits per heavy atom. The van der Waals surface area contributed by atoms with Crippen LogP contribution in [0.15, 0.2) is 30.5 Å². The van der Waals surface area contributed by atoms with Crippen LogP contribution in [0.25, 0.3) is 5.57 Å². The molecular formula is C17H16F3NO4S. The molecule has 0 aliphatic rings. The average molecular weight is 387 g/mol. The molecule has 0 atom stereocenters. The minimum absolute atomic E-state index is 0.0864. The summed E-state index contributed by atoms with van der Waals surface area (Å²) in [4.78, 5) is 15.3. The molecule has 0 bridgehead atoms. The number of carboxylic acids is 1. The number of benzene rings is 1. The van der Waals surface area contributed by atoms with Crippen molar-refractivity contribution in [3.63, 3.8) is 0 Å². The van der Waals surface area contributed by atoms with E-state index in [9.17, 15) is 23.1 Å². The summed E-state index contributed by atoms with van der Waals surface area (Å²) < 4.78 is 48.8. The lowest BCUT2D eigenvalue weighted by molar-refractivity contribution is -0.137. The van der Waals surface area contributed by atoms with E-state index in [0.29, 0.717) is 33.8 Å². The van der Waals surface area contributed by atoms with E-state index in [1.54, 1.807) is 31.2 Å². The summed E-state index contributed by atoms with van der Waals surface area (Å²) in [7, 11) is 1.32. The van der Waals surface area contributed by atoms with E-state index in [1.807, 2.05) is 0 Å². The van der Waals surface area contributed by atoms with E-state index < -0.39 is 17.2 Å². The van der Waals surface area contributed by atoms with Crippen molar-refractivity contribution in [1.29, 1.82) is 0 Å². The summed E-state index contributed by atoms with van der Waals surface area (Å²) in [6.07, 6.45) is -3.11. The molecule has 2 aromatic rings. The molecule has 0 amide bonds. The zero-order valence-electron chi connectivity index (χ0n) is 14.0. The van der Waals surface area contributed by atoms with E-state index in [4.69, 9.17) is 9.47 Å². The quantitative estimate of drug-likeness (QED) is 0.564. The standard InChI is InChI=1S/C17H16F3NO4S/c1-3-13-14(21-16(26-13)17(18,19)20)25-8-10-6-4-5-7-11(10)12(9-24-2)15(22)23/h4-7,9H,3,8H2,1-2H3,(H,22,23)/b12-9+. The number of methoxy groups -OCH3 is 1. The lowest BCUT2D eigenvalue weighted by Crippen LogP contribution is -2.07. The van der Waals surface area contributed by atoms with Crippen LogP contribution in [0.3, 0.4) is 0 Å².